The number of nitrogen functional groups attached to an aromatic ring is 1. The third kappa shape index (κ3) is 3.72. The minimum atomic E-state index is -0.193. The number of fused-ring (bicyclic) bond motifs is 1. The molecule has 0 aliphatic carbocycles. The highest BCUT2D eigenvalue weighted by molar-refractivity contribution is 5.88. The Balaban J connectivity index is 2.19. The van der Waals surface area contributed by atoms with E-state index in [4.69, 9.17) is 10.8 Å². The number of hydrogen-bond donors (Lipinski definition) is 4. The van der Waals surface area contributed by atoms with Crippen LogP contribution in [-0.4, -0.2) is 28.2 Å². The molecule has 6 heteroatoms. The lowest BCUT2D eigenvalue weighted by Crippen LogP contribution is -2.24. The molecule has 2 aromatic rings. The average molecular weight is 290 g/mol. The van der Waals surface area contributed by atoms with Crippen LogP contribution >= 0.6 is 0 Å². The van der Waals surface area contributed by atoms with Crippen LogP contribution in [0.1, 0.15) is 26.7 Å². The second-order valence-corrected chi connectivity index (χ2v) is 6.03. The highest BCUT2D eigenvalue weighted by Gasteiger charge is 2.17. The predicted molar refractivity (Wildman–Crippen MR) is 85.4 cm³/mol. The van der Waals surface area contributed by atoms with Gasteiger partial charge in [0.05, 0.1) is 28.6 Å². The molecule has 6 nitrogen and oxygen atoms in total. The van der Waals surface area contributed by atoms with E-state index >= 15 is 0 Å². The summed E-state index contributed by atoms with van der Waals surface area (Å²) in [5.74, 6) is 0. The van der Waals surface area contributed by atoms with Crippen molar-refractivity contribution < 1.29 is 5.11 Å². The second-order valence-electron chi connectivity index (χ2n) is 6.03. The first-order valence-electron chi connectivity index (χ1n) is 7.04. The molecule has 0 unspecified atom stereocenters. The van der Waals surface area contributed by atoms with Gasteiger partial charge >= 0.3 is 0 Å². The van der Waals surface area contributed by atoms with Crippen molar-refractivity contribution in [2.45, 2.75) is 26.7 Å². The Bertz CT molecular complexity index is 679. The minimum absolute atomic E-state index is 0.0473. The molecule has 1 aromatic heterocycles. The fourth-order valence-electron chi connectivity index (χ4n) is 2.27. The summed E-state index contributed by atoms with van der Waals surface area (Å²) >= 11 is 0. The average Bonchev–Trinajstić information content (AvgIpc) is 2.44. The van der Waals surface area contributed by atoms with Gasteiger partial charge in [0.2, 0.25) is 0 Å². The van der Waals surface area contributed by atoms with Crippen LogP contribution in [0.2, 0.25) is 0 Å². The van der Waals surface area contributed by atoms with Crippen molar-refractivity contribution in [1.29, 1.82) is 0 Å². The van der Waals surface area contributed by atoms with Gasteiger partial charge in [0.15, 0.2) is 0 Å². The summed E-state index contributed by atoms with van der Waals surface area (Å²) in [7, 11) is 0. The van der Waals surface area contributed by atoms with Crippen molar-refractivity contribution in [3.63, 3.8) is 0 Å². The first kappa shape index (κ1) is 15.3. The maximum absolute atomic E-state index is 11.7. The molecule has 0 radical (unpaired) electrons. The molecule has 0 amide bonds. The summed E-state index contributed by atoms with van der Waals surface area (Å²) in [6.45, 7) is 5.20. The number of nitrogens with zero attached hydrogens (tertiary/aromatic N) is 1. The zero-order chi connectivity index (χ0) is 15.5. The van der Waals surface area contributed by atoms with Gasteiger partial charge in [-0.25, -0.2) is 4.98 Å². The topological polar surface area (TPSA) is 104 Å². The van der Waals surface area contributed by atoms with Crippen molar-refractivity contribution in [3.05, 3.63) is 28.8 Å². The molecule has 0 spiro atoms. The van der Waals surface area contributed by atoms with E-state index in [1.165, 1.54) is 6.33 Å². The summed E-state index contributed by atoms with van der Waals surface area (Å²) < 4.78 is 0. The molecule has 0 saturated heterocycles. The molecule has 0 bridgehead atoms. The molecule has 5 N–H and O–H groups in total. The van der Waals surface area contributed by atoms with E-state index in [-0.39, 0.29) is 17.6 Å². The number of hydrogen-bond acceptors (Lipinski definition) is 5. The normalized spacial score (nSPS) is 11.8. The largest absolute Gasteiger partial charge is 0.397 e. The van der Waals surface area contributed by atoms with Gasteiger partial charge in [-0.1, -0.05) is 13.8 Å². The Labute approximate surface area is 123 Å². The SMILES string of the molecule is CC(C)(CCCO)CNc1cc2nc[nH]c(=O)c2cc1N. The van der Waals surface area contributed by atoms with Crippen molar-refractivity contribution in [1.82, 2.24) is 9.97 Å². The zero-order valence-electron chi connectivity index (χ0n) is 12.4. The number of nitrogens with one attached hydrogen (secondary N) is 2. The third-order valence-electron chi connectivity index (χ3n) is 3.58. The quantitative estimate of drug-likeness (QED) is 0.606. The van der Waals surface area contributed by atoms with Crippen LogP contribution in [0.3, 0.4) is 0 Å². The van der Waals surface area contributed by atoms with Gasteiger partial charge in [0, 0.05) is 13.2 Å². The minimum Gasteiger partial charge on any atom is -0.397 e. The summed E-state index contributed by atoms with van der Waals surface area (Å²) in [4.78, 5) is 18.4. The van der Waals surface area contributed by atoms with Crippen molar-refractivity contribution >= 4 is 22.3 Å². The molecule has 0 fully saturated rings. The van der Waals surface area contributed by atoms with E-state index in [0.29, 0.717) is 16.6 Å². The molecule has 114 valence electrons. The van der Waals surface area contributed by atoms with Gasteiger partial charge in [-0.15, -0.1) is 0 Å². The standard InChI is InChI=1S/C15H22N4O2/c1-15(2,4-3-5-20)8-17-13-7-12-10(6-11(13)16)14(21)19-9-18-12/h6-7,9,17,20H,3-5,8,16H2,1-2H3,(H,18,19,21). The van der Waals surface area contributed by atoms with E-state index in [1.807, 2.05) is 0 Å². The summed E-state index contributed by atoms with van der Waals surface area (Å²) in [5, 5.41) is 12.7. The molecule has 1 aromatic carbocycles. The number of aromatic nitrogens is 2. The Morgan fingerprint density at radius 1 is 1.43 bits per heavy atom. The molecule has 0 aliphatic rings. The predicted octanol–water partition coefficient (Wildman–Crippen LogP) is 1.72. The lowest BCUT2D eigenvalue weighted by molar-refractivity contribution is 0.248. The Morgan fingerprint density at radius 3 is 2.90 bits per heavy atom. The number of H-pyrrole nitrogens is 1. The van der Waals surface area contributed by atoms with Crippen molar-refractivity contribution in [2.75, 3.05) is 24.2 Å². The maximum Gasteiger partial charge on any atom is 0.258 e. The highest BCUT2D eigenvalue weighted by Crippen LogP contribution is 2.27. The number of aliphatic hydroxyl groups is 1. The monoisotopic (exact) mass is 290 g/mol. The van der Waals surface area contributed by atoms with Gasteiger partial charge in [-0.2, -0.15) is 0 Å². The van der Waals surface area contributed by atoms with Crippen LogP contribution in [-0.2, 0) is 0 Å². The van der Waals surface area contributed by atoms with Crippen molar-refractivity contribution in [3.8, 4) is 0 Å². The lowest BCUT2D eigenvalue weighted by atomic mass is 9.88. The number of nitrogens with two attached hydrogens (primary N) is 1. The van der Waals surface area contributed by atoms with E-state index < -0.39 is 0 Å². The first-order chi connectivity index (χ1) is 9.93. The maximum atomic E-state index is 11.7. The zero-order valence-corrected chi connectivity index (χ0v) is 12.4. The van der Waals surface area contributed by atoms with E-state index in [9.17, 15) is 4.79 Å². The van der Waals surface area contributed by atoms with Crippen molar-refractivity contribution in [2.24, 2.45) is 5.41 Å². The fraction of sp³-hybridized carbons (Fsp3) is 0.467. The number of aromatic amines is 1. The van der Waals surface area contributed by atoms with Crippen LogP contribution in [0, 0.1) is 5.41 Å². The van der Waals surface area contributed by atoms with Gasteiger partial charge in [-0.3, -0.25) is 4.79 Å². The second kappa shape index (κ2) is 6.13. The van der Waals surface area contributed by atoms with E-state index in [2.05, 4.69) is 29.1 Å². The van der Waals surface area contributed by atoms with E-state index in [1.54, 1.807) is 12.1 Å². The van der Waals surface area contributed by atoms with Gasteiger partial charge in [0.25, 0.3) is 5.56 Å². The highest BCUT2D eigenvalue weighted by atomic mass is 16.2. The van der Waals surface area contributed by atoms with Crippen LogP contribution in [0.5, 0.6) is 0 Å². The number of aliphatic hydroxyl groups excluding tert-OH is 1. The number of rotatable bonds is 6. The van der Waals surface area contributed by atoms with Gasteiger partial charge < -0.3 is 21.1 Å². The first-order valence-corrected chi connectivity index (χ1v) is 7.04. The summed E-state index contributed by atoms with van der Waals surface area (Å²) in [6, 6.07) is 3.44. The third-order valence-corrected chi connectivity index (χ3v) is 3.58. The molecular weight excluding hydrogens is 268 g/mol. The molecule has 2 rings (SSSR count). The molecule has 0 saturated carbocycles. The molecule has 0 atom stereocenters. The summed E-state index contributed by atoms with van der Waals surface area (Å²) in [5.41, 5.74) is 7.77. The fourth-order valence-corrected chi connectivity index (χ4v) is 2.27. The van der Waals surface area contributed by atoms with E-state index in [0.717, 1.165) is 25.1 Å². The molecule has 21 heavy (non-hydrogen) atoms. The Hall–Kier alpha value is -2.08. The molecule has 0 aliphatic heterocycles. The summed E-state index contributed by atoms with van der Waals surface area (Å²) in [6.07, 6.45) is 3.08. The Kier molecular flexibility index (Phi) is 4.47. The molecule has 1 heterocycles. The van der Waals surface area contributed by atoms with Crippen LogP contribution in [0.25, 0.3) is 10.9 Å². The van der Waals surface area contributed by atoms with Gasteiger partial charge in [0.1, 0.15) is 0 Å². The van der Waals surface area contributed by atoms with Crippen LogP contribution in [0.4, 0.5) is 11.4 Å². The number of benzene rings is 1. The number of anilines is 2. The molecular formula is C15H22N4O2. The van der Waals surface area contributed by atoms with Crippen LogP contribution in [0.15, 0.2) is 23.3 Å². The van der Waals surface area contributed by atoms with Gasteiger partial charge in [-0.05, 0) is 30.4 Å². The van der Waals surface area contributed by atoms with Crippen LogP contribution < -0.4 is 16.6 Å². The Morgan fingerprint density at radius 2 is 2.19 bits per heavy atom. The lowest BCUT2D eigenvalue weighted by Gasteiger charge is -2.25. The smallest absolute Gasteiger partial charge is 0.258 e.